The number of rotatable bonds is 12. The molecule has 0 spiro atoms. The van der Waals surface area contributed by atoms with Gasteiger partial charge in [-0.2, -0.15) is 0 Å². The van der Waals surface area contributed by atoms with E-state index < -0.39 is 0 Å². The van der Waals surface area contributed by atoms with Crippen LogP contribution in [0.3, 0.4) is 0 Å². The van der Waals surface area contributed by atoms with E-state index in [4.69, 9.17) is 25.8 Å². The maximum absolute atomic E-state index is 5.96. The van der Waals surface area contributed by atoms with E-state index >= 15 is 0 Å². The number of anilines is 1. The number of aromatic nitrogens is 2. The monoisotopic (exact) mass is 317 g/mol. The zero-order valence-corrected chi connectivity index (χ0v) is 13.5. The number of hydrogen-bond donors (Lipinski definition) is 1. The predicted octanol–water partition coefficient (Wildman–Crippen LogP) is 2.52. The van der Waals surface area contributed by atoms with E-state index in [0.717, 1.165) is 31.8 Å². The zero-order valence-electron chi connectivity index (χ0n) is 12.7. The van der Waals surface area contributed by atoms with Gasteiger partial charge < -0.3 is 19.5 Å². The minimum atomic E-state index is 0.374. The number of nitrogens with zero attached hydrogens (tertiary/aromatic N) is 2. The molecule has 0 bridgehead atoms. The molecule has 0 aromatic carbocycles. The van der Waals surface area contributed by atoms with Gasteiger partial charge in [-0.25, -0.2) is 9.97 Å². The minimum Gasteiger partial charge on any atom is -0.382 e. The SMILES string of the molecule is CCOCc1nc(Cl)cc(NCCCCOCCOC)n1. The maximum Gasteiger partial charge on any atom is 0.158 e. The second kappa shape index (κ2) is 11.7. The lowest BCUT2D eigenvalue weighted by Crippen LogP contribution is -2.08. The summed E-state index contributed by atoms with van der Waals surface area (Å²) in [6.07, 6.45) is 1.98. The molecule has 0 fully saturated rings. The van der Waals surface area contributed by atoms with Gasteiger partial charge in [-0.05, 0) is 19.8 Å². The van der Waals surface area contributed by atoms with E-state index in [0.29, 0.717) is 37.4 Å². The highest BCUT2D eigenvalue weighted by Gasteiger charge is 2.03. The first-order valence-corrected chi connectivity index (χ1v) is 7.55. The Labute approximate surface area is 131 Å². The fourth-order valence-electron chi connectivity index (χ4n) is 1.60. The van der Waals surface area contributed by atoms with Crippen molar-refractivity contribution >= 4 is 17.4 Å². The normalized spacial score (nSPS) is 10.8. The van der Waals surface area contributed by atoms with Gasteiger partial charge in [0.15, 0.2) is 5.82 Å². The van der Waals surface area contributed by atoms with Crippen molar-refractivity contribution in [2.45, 2.75) is 26.4 Å². The number of unbranched alkanes of at least 4 members (excludes halogenated alkanes) is 1. The van der Waals surface area contributed by atoms with Crippen LogP contribution in [0.2, 0.25) is 5.15 Å². The lowest BCUT2D eigenvalue weighted by atomic mass is 10.3. The third-order valence-corrected chi connectivity index (χ3v) is 2.82. The van der Waals surface area contributed by atoms with Crippen LogP contribution in [-0.4, -0.2) is 50.1 Å². The Kier molecular flexibility index (Phi) is 10.1. The smallest absolute Gasteiger partial charge is 0.158 e. The van der Waals surface area contributed by atoms with Crippen molar-refractivity contribution in [1.82, 2.24) is 9.97 Å². The molecule has 0 amide bonds. The lowest BCUT2D eigenvalue weighted by Gasteiger charge is -2.08. The summed E-state index contributed by atoms with van der Waals surface area (Å²) in [7, 11) is 1.67. The lowest BCUT2D eigenvalue weighted by molar-refractivity contribution is 0.0691. The first-order valence-electron chi connectivity index (χ1n) is 7.18. The molecular formula is C14H24ClN3O3. The molecule has 1 aromatic rings. The predicted molar refractivity (Wildman–Crippen MR) is 82.8 cm³/mol. The molecular weight excluding hydrogens is 294 g/mol. The molecule has 1 heterocycles. The molecule has 1 N–H and O–H groups in total. The Morgan fingerprint density at radius 3 is 2.76 bits per heavy atom. The van der Waals surface area contributed by atoms with Gasteiger partial charge >= 0.3 is 0 Å². The summed E-state index contributed by atoms with van der Waals surface area (Å²) in [4.78, 5) is 8.47. The molecule has 0 aliphatic carbocycles. The third-order valence-electron chi connectivity index (χ3n) is 2.63. The van der Waals surface area contributed by atoms with Crippen LogP contribution in [-0.2, 0) is 20.8 Å². The van der Waals surface area contributed by atoms with E-state index in [1.54, 1.807) is 13.2 Å². The van der Waals surface area contributed by atoms with Crippen LogP contribution in [0, 0.1) is 0 Å². The molecule has 0 saturated heterocycles. The van der Waals surface area contributed by atoms with Gasteiger partial charge in [0.25, 0.3) is 0 Å². The van der Waals surface area contributed by atoms with E-state index in [9.17, 15) is 0 Å². The average molecular weight is 318 g/mol. The summed E-state index contributed by atoms with van der Waals surface area (Å²) in [5.74, 6) is 1.32. The van der Waals surface area contributed by atoms with Gasteiger partial charge in [0.05, 0.1) is 13.2 Å². The second-order valence-corrected chi connectivity index (χ2v) is 4.76. The second-order valence-electron chi connectivity index (χ2n) is 4.37. The van der Waals surface area contributed by atoms with E-state index in [1.165, 1.54) is 0 Å². The van der Waals surface area contributed by atoms with E-state index in [2.05, 4.69) is 15.3 Å². The van der Waals surface area contributed by atoms with E-state index in [-0.39, 0.29) is 0 Å². The topological polar surface area (TPSA) is 65.5 Å². The number of hydrogen-bond acceptors (Lipinski definition) is 6. The highest BCUT2D eigenvalue weighted by molar-refractivity contribution is 6.29. The first kappa shape index (κ1) is 18.1. The van der Waals surface area contributed by atoms with Gasteiger partial charge in [-0.3, -0.25) is 0 Å². The Bertz CT molecular complexity index is 394. The van der Waals surface area contributed by atoms with Crippen LogP contribution in [0.15, 0.2) is 6.07 Å². The largest absolute Gasteiger partial charge is 0.382 e. The molecule has 21 heavy (non-hydrogen) atoms. The molecule has 120 valence electrons. The van der Waals surface area contributed by atoms with Crippen LogP contribution >= 0.6 is 11.6 Å². The Morgan fingerprint density at radius 2 is 2.00 bits per heavy atom. The summed E-state index contributed by atoms with van der Waals surface area (Å²) in [6, 6.07) is 1.71. The minimum absolute atomic E-state index is 0.374. The van der Waals surface area contributed by atoms with Crippen molar-refractivity contribution in [1.29, 1.82) is 0 Å². The van der Waals surface area contributed by atoms with Crippen LogP contribution in [0.25, 0.3) is 0 Å². The van der Waals surface area contributed by atoms with Crippen LogP contribution in [0.4, 0.5) is 5.82 Å². The van der Waals surface area contributed by atoms with Gasteiger partial charge in [0.2, 0.25) is 0 Å². The van der Waals surface area contributed by atoms with Crippen LogP contribution in [0.1, 0.15) is 25.6 Å². The Morgan fingerprint density at radius 1 is 1.14 bits per heavy atom. The van der Waals surface area contributed by atoms with Crippen LogP contribution < -0.4 is 5.32 Å². The van der Waals surface area contributed by atoms with Gasteiger partial charge in [0, 0.05) is 32.9 Å². The Balaban J connectivity index is 2.20. The van der Waals surface area contributed by atoms with Crippen molar-refractivity contribution in [3.8, 4) is 0 Å². The summed E-state index contributed by atoms with van der Waals surface area (Å²) < 4.78 is 15.6. The number of halogens is 1. The Hall–Kier alpha value is -0.950. The number of nitrogens with one attached hydrogen (secondary N) is 1. The quantitative estimate of drug-likeness (QED) is 0.472. The molecule has 1 rings (SSSR count). The third kappa shape index (κ3) is 8.83. The fraction of sp³-hybridized carbons (Fsp3) is 0.714. The van der Waals surface area contributed by atoms with Crippen molar-refractivity contribution in [3.05, 3.63) is 17.0 Å². The summed E-state index contributed by atoms with van der Waals surface area (Å²) in [5.41, 5.74) is 0. The van der Waals surface area contributed by atoms with Crippen molar-refractivity contribution in [3.63, 3.8) is 0 Å². The van der Waals surface area contributed by atoms with Crippen LogP contribution in [0.5, 0.6) is 0 Å². The molecule has 6 nitrogen and oxygen atoms in total. The van der Waals surface area contributed by atoms with Gasteiger partial charge in [0.1, 0.15) is 17.6 Å². The standard InChI is InChI=1S/C14H24ClN3O3/c1-3-20-11-14-17-12(15)10-13(18-14)16-6-4-5-7-21-9-8-19-2/h10H,3-9,11H2,1-2H3,(H,16,17,18). The average Bonchev–Trinajstić information content (AvgIpc) is 2.47. The maximum atomic E-state index is 5.96. The van der Waals surface area contributed by atoms with Gasteiger partial charge in [-0.15, -0.1) is 0 Å². The molecule has 0 aliphatic heterocycles. The molecule has 0 saturated carbocycles. The van der Waals surface area contributed by atoms with Crippen molar-refractivity contribution in [2.24, 2.45) is 0 Å². The molecule has 0 atom stereocenters. The zero-order chi connectivity index (χ0) is 15.3. The molecule has 1 aromatic heterocycles. The van der Waals surface area contributed by atoms with Crippen molar-refractivity contribution < 1.29 is 14.2 Å². The summed E-state index contributed by atoms with van der Waals surface area (Å²) >= 11 is 5.96. The summed E-state index contributed by atoms with van der Waals surface area (Å²) in [5, 5.41) is 3.65. The van der Waals surface area contributed by atoms with Gasteiger partial charge in [-0.1, -0.05) is 11.6 Å². The highest BCUT2D eigenvalue weighted by atomic mass is 35.5. The number of methoxy groups -OCH3 is 1. The molecule has 0 unspecified atom stereocenters. The molecule has 0 aliphatic rings. The molecule has 0 radical (unpaired) electrons. The fourth-order valence-corrected chi connectivity index (χ4v) is 1.80. The summed E-state index contributed by atoms with van der Waals surface area (Å²) in [6.45, 7) is 5.77. The number of ether oxygens (including phenoxy) is 3. The van der Waals surface area contributed by atoms with Crippen molar-refractivity contribution in [2.75, 3.05) is 45.4 Å². The highest BCUT2D eigenvalue weighted by Crippen LogP contribution is 2.12. The first-order chi connectivity index (χ1) is 10.3. The van der Waals surface area contributed by atoms with E-state index in [1.807, 2.05) is 6.92 Å². The molecule has 7 heteroatoms.